The van der Waals surface area contributed by atoms with E-state index in [-0.39, 0.29) is 11.4 Å². The monoisotopic (exact) mass is 279 g/mol. The topological polar surface area (TPSA) is 52.3 Å². The first-order chi connectivity index (χ1) is 8.69. The summed E-state index contributed by atoms with van der Waals surface area (Å²) in [5.41, 5.74) is 5.61. The van der Waals surface area contributed by atoms with Crippen LogP contribution in [0, 0.1) is 5.82 Å². The number of Topliss-reactive ketones (excluding diaryl/α,β-unsaturated/α-hetero) is 1. The van der Waals surface area contributed by atoms with E-state index >= 15 is 0 Å². The number of nitrogens with two attached hydrogens (primary N) is 1. The van der Waals surface area contributed by atoms with Gasteiger partial charge in [-0.1, -0.05) is 0 Å². The minimum absolute atomic E-state index is 0.0622. The Morgan fingerprint density at radius 2 is 2.05 bits per heavy atom. The summed E-state index contributed by atoms with van der Waals surface area (Å²) in [4.78, 5) is 11.4. The number of benzene rings is 1. The summed E-state index contributed by atoms with van der Waals surface area (Å²) < 4.78 is 53.9. The van der Waals surface area contributed by atoms with Crippen LogP contribution in [0.4, 0.5) is 23.2 Å². The van der Waals surface area contributed by atoms with Gasteiger partial charge in [-0.15, -0.1) is 0 Å². The van der Waals surface area contributed by atoms with Crippen LogP contribution in [0.3, 0.4) is 0 Å². The lowest BCUT2D eigenvalue weighted by Gasteiger charge is -2.15. The molecule has 0 aliphatic carbocycles. The van der Waals surface area contributed by atoms with Crippen molar-refractivity contribution in [2.75, 3.05) is 5.73 Å². The van der Waals surface area contributed by atoms with Crippen molar-refractivity contribution in [1.29, 1.82) is 0 Å². The summed E-state index contributed by atoms with van der Waals surface area (Å²) in [6.07, 6.45) is -7.41. The molecule has 7 heteroatoms. The van der Waals surface area contributed by atoms with Crippen molar-refractivity contribution in [1.82, 2.24) is 0 Å². The number of hydrogen-bond donors (Lipinski definition) is 1. The van der Waals surface area contributed by atoms with Gasteiger partial charge >= 0.3 is 6.18 Å². The van der Waals surface area contributed by atoms with Gasteiger partial charge in [-0.05, 0) is 19.1 Å². The van der Waals surface area contributed by atoms with Gasteiger partial charge in [-0.3, -0.25) is 4.79 Å². The van der Waals surface area contributed by atoms with Crippen LogP contribution in [0.15, 0.2) is 18.2 Å². The molecule has 1 aromatic rings. The first-order valence-electron chi connectivity index (χ1n) is 5.50. The van der Waals surface area contributed by atoms with Gasteiger partial charge in [-0.2, -0.15) is 13.2 Å². The predicted molar refractivity (Wildman–Crippen MR) is 61.2 cm³/mol. The van der Waals surface area contributed by atoms with Gasteiger partial charge in [-0.25, -0.2) is 4.39 Å². The molecule has 0 heterocycles. The van der Waals surface area contributed by atoms with E-state index in [0.717, 1.165) is 12.1 Å². The Balaban J connectivity index is 2.61. The molecule has 0 spiro atoms. The van der Waals surface area contributed by atoms with E-state index in [1.807, 2.05) is 0 Å². The summed E-state index contributed by atoms with van der Waals surface area (Å²) in [6, 6.07) is 3.33. The Hall–Kier alpha value is -1.79. The molecule has 0 radical (unpaired) electrons. The molecule has 106 valence electrons. The summed E-state index contributed by atoms with van der Waals surface area (Å²) >= 11 is 0. The molecule has 0 aromatic heterocycles. The molecule has 0 bridgehead atoms. The average Bonchev–Trinajstić information content (AvgIpc) is 2.29. The molecule has 19 heavy (non-hydrogen) atoms. The van der Waals surface area contributed by atoms with E-state index < -0.39 is 36.7 Å². The smallest absolute Gasteiger partial charge is 0.389 e. The zero-order valence-corrected chi connectivity index (χ0v) is 10.1. The Labute approximate surface area is 107 Å². The third kappa shape index (κ3) is 5.15. The predicted octanol–water partition coefficient (Wildman–Crippen LogP) is 3.09. The van der Waals surface area contributed by atoms with Crippen molar-refractivity contribution in [2.24, 2.45) is 0 Å². The van der Waals surface area contributed by atoms with Crippen LogP contribution in [-0.4, -0.2) is 18.1 Å². The number of alkyl halides is 3. The Morgan fingerprint density at radius 1 is 1.42 bits per heavy atom. The molecule has 2 N–H and O–H groups in total. The summed E-state index contributed by atoms with van der Waals surface area (Å²) in [7, 11) is 0. The van der Waals surface area contributed by atoms with Gasteiger partial charge in [0.15, 0.2) is 11.9 Å². The van der Waals surface area contributed by atoms with Crippen LogP contribution in [0.5, 0.6) is 5.75 Å². The number of rotatable bonds is 5. The summed E-state index contributed by atoms with van der Waals surface area (Å²) in [5, 5.41) is 0. The van der Waals surface area contributed by atoms with Crippen molar-refractivity contribution < 1.29 is 27.1 Å². The quantitative estimate of drug-likeness (QED) is 0.665. The van der Waals surface area contributed by atoms with Crippen molar-refractivity contribution in [3.8, 4) is 5.75 Å². The minimum Gasteiger partial charge on any atom is -0.481 e. The highest BCUT2D eigenvalue weighted by Crippen LogP contribution is 2.25. The van der Waals surface area contributed by atoms with Crippen molar-refractivity contribution in [3.05, 3.63) is 24.0 Å². The number of halogens is 4. The molecular formula is C12H13F4NO2. The zero-order chi connectivity index (χ0) is 14.6. The maximum Gasteiger partial charge on any atom is 0.389 e. The van der Waals surface area contributed by atoms with Crippen LogP contribution in [0.25, 0.3) is 0 Å². The Morgan fingerprint density at radius 3 is 2.63 bits per heavy atom. The zero-order valence-electron chi connectivity index (χ0n) is 10.1. The van der Waals surface area contributed by atoms with E-state index in [4.69, 9.17) is 10.5 Å². The van der Waals surface area contributed by atoms with E-state index in [9.17, 15) is 22.4 Å². The number of nitrogen functional groups attached to an aromatic ring is 1. The molecule has 0 unspecified atom stereocenters. The molecule has 0 fully saturated rings. The summed E-state index contributed by atoms with van der Waals surface area (Å²) in [5.74, 6) is -1.40. The Kier molecular flexibility index (Phi) is 4.74. The van der Waals surface area contributed by atoms with E-state index in [2.05, 4.69) is 0 Å². The minimum atomic E-state index is -4.40. The normalized spacial score (nSPS) is 13.1. The number of carbonyl (C=O) groups excluding carboxylic acids is 1. The van der Waals surface area contributed by atoms with Gasteiger partial charge in [0.25, 0.3) is 0 Å². The molecule has 0 saturated carbocycles. The molecule has 1 aromatic carbocycles. The number of anilines is 1. The molecule has 1 rings (SSSR count). The molecule has 0 saturated heterocycles. The second-order valence-electron chi connectivity index (χ2n) is 4.02. The second-order valence-corrected chi connectivity index (χ2v) is 4.02. The molecule has 0 aliphatic heterocycles. The summed E-state index contributed by atoms with van der Waals surface area (Å²) in [6.45, 7) is 1.29. The molecule has 0 aliphatic rings. The molecular weight excluding hydrogens is 266 g/mol. The maximum absolute atomic E-state index is 12.9. The third-order valence-electron chi connectivity index (χ3n) is 2.39. The van der Waals surface area contributed by atoms with Gasteiger partial charge < -0.3 is 10.5 Å². The van der Waals surface area contributed by atoms with Gasteiger partial charge in [0, 0.05) is 12.5 Å². The molecule has 0 amide bonds. The Bertz CT molecular complexity index is 460. The van der Waals surface area contributed by atoms with E-state index in [0.29, 0.717) is 0 Å². The van der Waals surface area contributed by atoms with E-state index in [1.54, 1.807) is 0 Å². The highest BCUT2D eigenvalue weighted by Gasteiger charge is 2.29. The number of ether oxygens (including phenoxy) is 1. The van der Waals surface area contributed by atoms with Crippen LogP contribution >= 0.6 is 0 Å². The molecule has 3 nitrogen and oxygen atoms in total. The highest BCUT2D eigenvalue weighted by molar-refractivity contribution is 5.83. The number of carbonyl (C=O) groups is 1. The highest BCUT2D eigenvalue weighted by atomic mass is 19.4. The lowest BCUT2D eigenvalue weighted by atomic mass is 10.1. The fourth-order valence-electron chi connectivity index (χ4n) is 1.33. The van der Waals surface area contributed by atoms with Crippen molar-refractivity contribution >= 4 is 11.5 Å². The SMILES string of the molecule is C[C@@H](Oc1cc(F)ccc1N)C(=O)CCC(F)(F)F. The van der Waals surface area contributed by atoms with Crippen LogP contribution in [-0.2, 0) is 4.79 Å². The van der Waals surface area contributed by atoms with Gasteiger partial charge in [0.1, 0.15) is 11.6 Å². The first kappa shape index (κ1) is 15.3. The van der Waals surface area contributed by atoms with Crippen LogP contribution < -0.4 is 10.5 Å². The van der Waals surface area contributed by atoms with Crippen LogP contribution in [0.1, 0.15) is 19.8 Å². The number of hydrogen-bond acceptors (Lipinski definition) is 3. The van der Waals surface area contributed by atoms with Crippen molar-refractivity contribution in [2.45, 2.75) is 32.0 Å². The van der Waals surface area contributed by atoms with Gasteiger partial charge in [0.2, 0.25) is 0 Å². The van der Waals surface area contributed by atoms with Crippen molar-refractivity contribution in [3.63, 3.8) is 0 Å². The lowest BCUT2D eigenvalue weighted by Crippen LogP contribution is -2.25. The third-order valence-corrected chi connectivity index (χ3v) is 2.39. The standard InChI is InChI=1S/C12H13F4NO2/c1-7(10(18)4-5-12(14,15)16)19-11-6-8(13)2-3-9(11)17/h2-3,6-7H,4-5,17H2,1H3/t7-/m1/s1. The largest absolute Gasteiger partial charge is 0.481 e. The van der Waals surface area contributed by atoms with Crippen LogP contribution in [0.2, 0.25) is 0 Å². The number of ketones is 1. The fourth-order valence-corrected chi connectivity index (χ4v) is 1.33. The van der Waals surface area contributed by atoms with Gasteiger partial charge in [0.05, 0.1) is 12.1 Å². The molecule has 1 atom stereocenters. The van der Waals surface area contributed by atoms with E-state index in [1.165, 1.54) is 13.0 Å². The average molecular weight is 279 g/mol. The second kappa shape index (κ2) is 5.90. The fraction of sp³-hybridized carbons (Fsp3) is 0.417. The first-order valence-corrected chi connectivity index (χ1v) is 5.50. The maximum atomic E-state index is 12.9. The lowest BCUT2D eigenvalue weighted by molar-refractivity contribution is -0.145.